The summed E-state index contributed by atoms with van der Waals surface area (Å²) in [4.78, 5) is 32.2. The lowest BCUT2D eigenvalue weighted by Crippen LogP contribution is -2.36. The van der Waals surface area contributed by atoms with Crippen molar-refractivity contribution in [3.05, 3.63) is 99.2 Å². The first-order valence-corrected chi connectivity index (χ1v) is 12.1. The van der Waals surface area contributed by atoms with Gasteiger partial charge in [-0.3, -0.25) is 9.59 Å². The van der Waals surface area contributed by atoms with Crippen LogP contribution in [0.2, 0.25) is 0 Å². The van der Waals surface area contributed by atoms with Crippen molar-refractivity contribution >= 4 is 28.8 Å². The van der Waals surface area contributed by atoms with E-state index in [1.807, 2.05) is 54.8 Å². The standard InChI is InChI=1S/C27H25N3O3S/c1-16-24(27(32)30-23-7-3-4-12-28-23)26(22-6-5-13-34-22)25-20(29-16)14-18(15-21(25)31)17-8-10-19(33-2)11-9-17/h3-13,18,26,29H,14-15H2,1-2H3,(H,28,30,32)/t18-,26+/m1/s1. The number of Topliss-reactive ketones (excluding diaryl/α,β-unsaturated/α-hetero) is 1. The van der Waals surface area contributed by atoms with Gasteiger partial charge in [0.2, 0.25) is 0 Å². The molecule has 1 aliphatic carbocycles. The molecule has 0 saturated carbocycles. The van der Waals surface area contributed by atoms with Gasteiger partial charge in [0.05, 0.1) is 13.0 Å². The van der Waals surface area contributed by atoms with Gasteiger partial charge in [-0.2, -0.15) is 0 Å². The number of thiophene rings is 1. The number of hydrogen-bond donors (Lipinski definition) is 2. The van der Waals surface area contributed by atoms with E-state index in [-0.39, 0.29) is 17.6 Å². The number of ether oxygens (including phenoxy) is 1. The second-order valence-electron chi connectivity index (χ2n) is 8.47. The summed E-state index contributed by atoms with van der Waals surface area (Å²) < 4.78 is 5.27. The van der Waals surface area contributed by atoms with E-state index in [0.717, 1.165) is 27.6 Å². The Kier molecular flexibility index (Phi) is 6.02. The normalized spacial score (nSPS) is 20.0. The summed E-state index contributed by atoms with van der Waals surface area (Å²) in [5, 5.41) is 8.30. The largest absolute Gasteiger partial charge is 0.497 e. The highest BCUT2D eigenvalue weighted by molar-refractivity contribution is 7.10. The molecule has 1 aliphatic heterocycles. The summed E-state index contributed by atoms with van der Waals surface area (Å²) in [5.74, 6) is 0.769. The number of dihydropyridines is 1. The van der Waals surface area contributed by atoms with Crippen molar-refractivity contribution in [3.8, 4) is 5.75 Å². The second kappa shape index (κ2) is 9.27. The molecule has 0 saturated heterocycles. The topological polar surface area (TPSA) is 80.3 Å². The first-order chi connectivity index (χ1) is 16.5. The van der Waals surface area contributed by atoms with Crippen molar-refractivity contribution in [1.29, 1.82) is 0 Å². The molecule has 1 amide bonds. The fourth-order valence-electron chi connectivity index (χ4n) is 4.81. The van der Waals surface area contributed by atoms with Gasteiger partial charge in [-0.05, 0) is 60.5 Å². The molecule has 0 spiro atoms. The van der Waals surface area contributed by atoms with Crippen LogP contribution in [0.4, 0.5) is 5.82 Å². The number of benzene rings is 1. The Morgan fingerprint density at radius 2 is 1.94 bits per heavy atom. The third-order valence-corrected chi connectivity index (χ3v) is 7.33. The van der Waals surface area contributed by atoms with Gasteiger partial charge in [0.25, 0.3) is 5.91 Å². The third-order valence-electron chi connectivity index (χ3n) is 6.39. The number of anilines is 1. The summed E-state index contributed by atoms with van der Waals surface area (Å²) in [6.07, 6.45) is 2.75. The number of hydrogen-bond acceptors (Lipinski definition) is 6. The fraction of sp³-hybridized carbons (Fsp3) is 0.222. The van der Waals surface area contributed by atoms with Gasteiger partial charge in [-0.25, -0.2) is 4.98 Å². The van der Waals surface area contributed by atoms with Crippen LogP contribution in [-0.4, -0.2) is 23.8 Å². The summed E-state index contributed by atoms with van der Waals surface area (Å²) in [6.45, 7) is 1.90. The maximum atomic E-state index is 13.6. The van der Waals surface area contributed by atoms with Crippen molar-refractivity contribution in [2.75, 3.05) is 12.4 Å². The molecule has 2 atom stereocenters. The minimum atomic E-state index is -0.399. The van der Waals surface area contributed by atoms with E-state index in [9.17, 15) is 9.59 Å². The zero-order valence-electron chi connectivity index (χ0n) is 19.0. The molecule has 7 heteroatoms. The second-order valence-corrected chi connectivity index (χ2v) is 9.45. The van der Waals surface area contributed by atoms with Gasteiger partial charge >= 0.3 is 0 Å². The minimum absolute atomic E-state index is 0.0728. The number of amides is 1. The average molecular weight is 472 g/mol. The lowest BCUT2D eigenvalue weighted by Gasteiger charge is -2.36. The number of pyridine rings is 1. The van der Waals surface area contributed by atoms with Crippen LogP contribution in [0.15, 0.2) is 88.7 Å². The molecule has 5 rings (SSSR count). The molecule has 2 aliphatic rings. The molecule has 172 valence electrons. The van der Waals surface area contributed by atoms with E-state index in [4.69, 9.17) is 4.74 Å². The molecule has 0 bridgehead atoms. The highest BCUT2D eigenvalue weighted by atomic mass is 32.1. The zero-order chi connectivity index (χ0) is 23.7. The van der Waals surface area contributed by atoms with Crippen LogP contribution in [0.25, 0.3) is 0 Å². The van der Waals surface area contributed by atoms with Gasteiger partial charge < -0.3 is 15.4 Å². The molecular formula is C27H25N3O3S. The average Bonchev–Trinajstić information content (AvgIpc) is 3.38. The number of allylic oxidation sites excluding steroid dienone is 3. The van der Waals surface area contributed by atoms with Crippen LogP contribution in [0, 0.1) is 0 Å². The highest BCUT2D eigenvalue weighted by Crippen LogP contribution is 2.46. The Morgan fingerprint density at radius 3 is 2.62 bits per heavy atom. The maximum absolute atomic E-state index is 13.6. The van der Waals surface area contributed by atoms with E-state index in [1.165, 1.54) is 0 Å². The van der Waals surface area contributed by atoms with Crippen LogP contribution in [0.3, 0.4) is 0 Å². The Balaban J connectivity index is 1.50. The molecule has 34 heavy (non-hydrogen) atoms. The zero-order valence-corrected chi connectivity index (χ0v) is 19.8. The summed E-state index contributed by atoms with van der Waals surface area (Å²) in [5.41, 5.74) is 4.03. The van der Waals surface area contributed by atoms with Crippen LogP contribution in [0.5, 0.6) is 5.75 Å². The molecule has 0 unspecified atom stereocenters. The summed E-state index contributed by atoms with van der Waals surface area (Å²) in [7, 11) is 1.64. The molecule has 6 nitrogen and oxygen atoms in total. The number of methoxy groups -OCH3 is 1. The van der Waals surface area contributed by atoms with E-state index >= 15 is 0 Å². The first-order valence-electron chi connectivity index (χ1n) is 11.2. The molecule has 0 radical (unpaired) electrons. The van der Waals surface area contributed by atoms with Crippen molar-refractivity contribution in [3.63, 3.8) is 0 Å². The Hall–Kier alpha value is -3.71. The molecule has 1 aromatic carbocycles. The molecule has 3 heterocycles. The van der Waals surface area contributed by atoms with Gasteiger partial charge in [0, 0.05) is 40.0 Å². The van der Waals surface area contributed by atoms with Gasteiger partial charge in [-0.15, -0.1) is 11.3 Å². The lowest BCUT2D eigenvalue weighted by molar-refractivity contribution is -0.116. The monoisotopic (exact) mass is 471 g/mol. The van der Waals surface area contributed by atoms with Crippen LogP contribution in [-0.2, 0) is 9.59 Å². The van der Waals surface area contributed by atoms with Crippen LogP contribution < -0.4 is 15.4 Å². The number of ketones is 1. The van der Waals surface area contributed by atoms with Crippen molar-refractivity contribution in [1.82, 2.24) is 10.3 Å². The van der Waals surface area contributed by atoms with Crippen molar-refractivity contribution in [2.24, 2.45) is 0 Å². The number of nitrogens with one attached hydrogen (secondary N) is 2. The lowest BCUT2D eigenvalue weighted by atomic mass is 9.73. The Labute approximate surface area is 202 Å². The smallest absolute Gasteiger partial charge is 0.255 e. The third kappa shape index (κ3) is 4.15. The number of carbonyl (C=O) groups is 2. The van der Waals surface area contributed by atoms with Crippen LogP contribution in [0.1, 0.15) is 42.0 Å². The summed E-state index contributed by atoms with van der Waals surface area (Å²) >= 11 is 1.56. The van der Waals surface area contributed by atoms with Crippen LogP contribution >= 0.6 is 11.3 Å². The van der Waals surface area contributed by atoms with Gasteiger partial charge in [0.15, 0.2) is 5.78 Å². The SMILES string of the molecule is COc1ccc([C@H]2CC(=O)C3=C(C2)NC(C)=C(C(=O)Nc2ccccn2)[C@@H]3c2cccs2)cc1. The first kappa shape index (κ1) is 22.1. The highest BCUT2D eigenvalue weighted by Gasteiger charge is 2.41. The quantitative estimate of drug-likeness (QED) is 0.538. The van der Waals surface area contributed by atoms with E-state index in [2.05, 4.69) is 15.6 Å². The van der Waals surface area contributed by atoms with Gasteiger partial charge in [0.1, 0.15) is 11.6 Å². The molecule has 2 aromatic heterocycles. The Morgan fingerprint density at radius 1 is 1.12 bits per heavy atom. The number of aromatic nitrogens is 1. The van der Waals surface area contributed by atoms with Crippen molar-refractivity contribution < 1.29 is 14.3 Å². The molecular weight excluding hydrogens is 446 g/mol. The molecule has 3 aromatic rings. The molecule has 2 N–H and O–H groups in total. The number of rotatable bonds is 5. The van der Waals surface area contributed by atoms with E-state index in [0.29, 0.717) is 29.8 Å². The number of carbonyl (C=O) groups excluding carboxylic acids is 2. The molecule has 0 fully saturated rings. The predicted molar refractivity (Wildman–Crippen MR) is 133 cm³/mol. The maximum Gasteiger partial charge on any atom is 0.255 e. The number of nitrogens with zero attached hydrogens (tertiary/aromatic N) is 1. The minimum Gasteiger partial charge on any atom is -0.497 e. The van der Waals surface area contributed by atoms with E-state index in [1.54, 1.807) is 36.8 Å². The van der Waals surface area contributed by atoms with E-state index < -0.39 is 5.92 Å². The summed E-state index contributed by atoms with van der Waals surface area (Å²) in [6, 6.07) is 17.2. The predicted octanol–water partition coefficient (Wildman–Crippen LogP) is 5.15. The van der Waals surface area contributed by atoms with Gasteiger partial charge in [-0.1, -0.05) is 24.3 Å². The Bertz CT molecular complexity index is 1280. The fourth-order valence-corrected chi connectivity index (χ4v) is 5.66. The van der Waals surface area contributed by atoms with Crippen molar-refractivity contribution in [2.45, 2.75) is 31.6 Å².